The molecule has 0 aliphatic heterocycles. The lowest BCUT2D eigenvalue weighted by Gasteiger charge is -2.06. The monoisotopic (exact) mass is 445 g/mol. The highest BCUT2D eigenvalue weighted by molar-refractivity contribution is 8.01. The van der Waals surface area contributed by atoms with Crippen LogP contribution in [0.25, 0.3) is 0 Å². The number of aromatic nitrogens is 1. The van der Waals surface area contributed by atoms with Crippen LogP contribution in [0.15, 0.2) is 58.3 Å². The molecule has 0 bridgehead atoms. The van der Waals surface area contributed by atoms with Crippen molar-refractivity contribution in [1.82, 2.24) is 10.3 Å². The molecule has 0 fully saturated rings. The number of hydrogen-bond donors (Lipinski definition) is 2. The number of thiazole rings is 1. The van der Waals surface area contributed by atoms with Gasteiger partial charge >= 0.3 is 0 Å². The summed E-state index contributed by atoms with van der Waals surface area (Å²) in [6, 6.07) is 13.1. The highest BCUT2D eigenvalue weighted by Gasteiger charge is 2.10. The van der Waals surface area contributed by atoms with Crippen LogP contribution < -0.4 is 15.4 Å². The summed E-state index contributed by atoms with van der Waals surface area (Å²) in [5.41, 5.74) is 2.13. The molecule has 0 saturated heterocycles. The van der Waals surface area contributed by atoms with E-state index in [4.69, 9.17) is 4.74 Å². The number of amides is 2. The minimum absolute atomic E-state index is 0.147. The molecule has 0 spiro atoms. The number of carbonyl (C=O) groups is 2. The number of anilines is 1. The minimum Gasteiger partial charge on any atom is -0.497 e. The van der Waals surface area contributed by atoms with Gasteiger partial charge in [0.15, 0.2) is 4.34 Å². The van der Waals surface area contributed by atoms with Crippen molar-refractivity contribution in [3.8, 4) is 5.75 Å². The molecule has 3 rings (SSSR count). The Bertz CT molecular complexity index is 1010. The van der Waals surface area contributed by atoms with Crippen LogP contribution in [0.2, 0.25) is 0 Å². The average Bonchev–Trinajstić information content (AvgIpc) is 3.19. The first kappa shape index (κ1) is 21.8. The molecule has 6 nitrogen and oxygen atoms in total. The number of rotatable bonds is 9. The van der Waals surface area contributed by atoms with Crippen LogP contribution in [0, 0.1) is 5.82 Å². The summed E-state index contributed by atoms with van der Waals surface area (Å²) < 4.78 is 18.8. The largest absolute Gasteiger partial charge is 0.497 e. The molecular formula is C21H20FN3O3S2. The summed E-state index contributed by atoms with van der Waals surface area (Å²) in [5.74, 6) is 0.248. The van der Waals surface area contributed by atoms with Gasteiger partial charge in [-0.25, -0.2) is 9.37 Å². The molecule has 1 heterocycles. The van der Waals surface area contributed by atoms with Crippen LogP contribution in [0.3, 0.4) is 0 Å². The van der Waals surface area contributed by atoms with Crippen molar-refractivity contribution in [1.29, 1.82) is 0 Å². The Kier molecular flexibility index (Phi) is 7.81. The fraction of sp³-hybridized carbons (Fsp3) is 0.190. The quantitative estimate of drug-likeness (QED) is 0.489. The molecule has 2 aromatic carbocycles. The zero-order chi connectivity index (χ0) is 21.3. The van der Waals surface area contributed by atoms with Crippen molar-refractivity contribution >= 4 is 40.6 Å². The maximum Gasteiger partial charge on any atom is 0.234 e. The molecule has 0 atom stereocenters. The van der Waals surface area contributed by atoms with Gasteiger partial charge in [-0.1, -0.05) is 30.0 Å². The second-order valence-corrected chi connectivity index (χ2v) is 8.33. The maximum absolute atomic E-state index is 12.9. The Morgan fingerprint density at radius 2 is 1.97 bits per heavy atom. The lowest BCUT2D eigenvalue weighted by Crippen LogP contribution is -2.24. The summed E-state index contributed by atoms with van der Waals surface area (Å²) in [4.78, 5) is 28.6. The molecule has 0 aliphatic rings. The third-order valence-electron chi connectivity index (χ3n) is 3.96. The van der Waals surface area contributed by atoms with E-state index in [9.17, 15) is 14.0 Å². The van der Waals surface area contributed by atoms with E-state index in [2.05, 4.69) is 15.6 Å². The highest BCUT2D eigenvalue weighted by Crippen LogP contribution is 2.23. The van der Waals surface area contributed by atoms with Gasteiger partial charge in [-0.3, -0.25) is 9.59 Å². The minimum atomic E-state index is -0.310. The molecule has 9 heteroatoms. The highest BCUT2D eigenvalue weighted by atomic mass is 32.2. The van der Waals surface area contributed by atoms with Crippen molar-refractivity contribution in [3.63, 3.8) is 0 Å². The van der Waals surface area contributed by atoms with Gasteiger partial charge in [-0.15, -0.1) is 11.3 Å². The number of ether oxygens (including phenoxy) is 1. The van der Waals surface area contributed by atoms with Crippen molar-refractivity contribution in [2.45, 2.75) is 17.3 Å². The number of carbonyl (C=O) groups excluding carboxylic acids is 2. The number of nitrogens with one attached hydrogen (secondary N) is 2. The molecule has 156 valence electrons. The number of nitrogens with zero attached hydrogens (tertiary/aromatic N) is 1. The van der Waals surface area contributed by atoms with Crippen molar-refractivity contribution in [2.24, 2.45) is 0 Å². The molecule has 2 amide bonds. The van der Waals surface area contributed by atoms with E-state index < -0.39 is 0 Å². The van der Waals surface area contributed by atoms with Crippen LogP contribution in [-0.2, 0) is 22.6 Å². The van der Waals surface area contributed by atoms with Crippen LogP contribution in [0.1, 0.15) is 11.3 Å². The molecule has 0 saturated carbocycles. The summed E-state index contributed by atoms with van der Waals surface area (Å²) in [5, 5.41) is 7.40. The molecule has 0 unspecified atom stereocenters. The zero-order valence-electron chi connectivity index (χ0n) is 16.2. The first-order valence-corrected chi connectivity index (χ1v) is 10.9. The summed E-state index contributed by atoms with van der Waals surface area (Å²) in [6.45, 7) is 0.329. The van der Waals surface area contributed by atoms with Gasteiger partial charge in [0.05, 0.1) is 25.0 Å². The van der Waals surface area contributed by atoms with Crippen molar-refractivity contribution < 1.29 is 18.7 Å². The number of halogens is 1. The SMILES string of the molecule is COc1cccc(NC(=O)CSc2nc(CC(=O)NCc3ccc(F)cc3)cs2)c1. The fourth-order valence-corrected chi connectivity index (χ4v) is 4.14. The topological polar surface area (TPSA) is 80.3 Å². The van der Waals surface area contributed by atoms with E-state index in [1.807, 2.05) is 0 Å². The summed E-state index contributed by atoms with van der Waals surface area (Å²) in [7, 11) is 1.57. The Morgan fingerprint density at radius 1 is 1.17 bits per heavy atom. The zero-order valence-corrected chi connectivity index (χ0v) is 17.8. The van der Waals surface area contributed by atoms with E-state index in [1.54, 1.807) is 48.9 Å². The Hall–Kier alpha value is -2.91. The molecule has 2 N–H and O–H groups in total. The van der Waals surface area contributed by atoms with E-state index in [0.717, 1.165) is 9.90 Å². The van der Waals surface area contributed by atoms with Gasteiger partial charge in [0.25, 0.3) is 0 Å². The second-order valence-electron chi connectivity index (χ2n) is 6.25. The molecule has 1 aromatic heterocycles. The number of hydrogen-bond acceptors (Lipinski definition) is 6. The Balaban J connectivity index is 1.42. The van der Waals surface area contributed by atoms with Crippen LogP contribution in [0.5, 0.6) is 5.75 Å². The molecule has 0 radical (unpaired) electrons. The standard InChI is InChI=1S/C21H20FN3O3S2/c1-28-18-4-2-3-16(9-18)24-20(27)13-30-21-25-17(12-29-21)10-19(26)23-11-14-5-7-15(22)8-6-14/h2-9,12H,10-11,13H2,1H3,(H,23,26)(H,24,27). The smallest absolute Gasteiger partial charge is 0.234 e. The van der Waals surface area contributed by atoms with E-state index in [1.165, 1.54) is 35.2 Å². The van der Waals surface area contributed by atoms with E-state index >= 15 is 0 Å². The number of benzene rings is 2. The van der Waals surface area contributed by atoms with Gasteiger partial charge < -0.3 is 15.4 Å². The fourth-order valence-electron chi connectivity index (χ4n) is 2.49. The predicted octanol–water partition coefficient (Wildman–Crippen LogP) is 3.88. The van der Waals surface area contributed by atoms with E-state index in [0.29, 0.717) is 23.7 Å². The van der Waals surface area contributed by atoms with Crippen LogP contribution >= 0.6 is 23.1 Å². The third kappa shape index (κ3) is 6.85. The summed E-state index contributed by atoms with van der Waals surface area (Å²) >= 11 is 2.71. The predicted molar refractivity (Wildman–Crippen MR) is 116 cm³/mol. The molecular weight excluding hydrogens is 425 g/mol. The van der Waals surface area contributed by atoms with Crippen molar-refractivity contribution in [2.75, 3.05) is 18.2 Å². The third-order valence-corrected chi connectivity index (χ3v) is 6.03. The number of methoxy groups -OCH3 is 1. The van der Waals surface area contributed by atoms with Gasteiger partial charge in [0.1, 0.15) is 11.6 Å². The lowest BCUT2D eigenvalue weighted by molar-refractivity contribution is -0.120. The van der Waals surface area contributed by atoms with Gasteiger partial charge in [-0.05, 0) is 29.8 Å². The van der Waals surface area contributed by atoms with Gasteiger partial charge in [-0.2, -0.15) is 0 Å². The first-order chi connectivity index (χ1) is 14.5. The molecule has 3 aromatic rings. The summed E-state index contributed by atoms with van der Waals surface area (Å²) in [6.07, 6.45) is 0.147. The molecule has 30 heavy (non-hydrogen) atoms. The van der Waals surface area contributed by atoms with Crippen molar-refractivity contribution in [3.05, 3.63) is 71.0 Å². The van der Waals surface area contributed by atoms with Gasteiger partial charge in [0.2, 0.25) is 11.8 Å². The number of thioether (sulfide) groups is 1. The lowest BCUT2D eigenvalue weighted by atomic mass is 10.2. The first-order valence-electron chi connectivity index (χ1n) is 9.04. The van der Waals surface area contributed by atoms with Crippen LogP contribution in [-0.4, -0.2) is 29.7 Å². The maximum atomic E-state index is 12.9. The Labute approximate surface area is 181 Å². The molecule has 0 aliphatic carbocycles. The van der Waals surface area contributed by atoms with Crippen LogP contribution in [0.4, 0.5) is 10.1 Å². The normalized spacial score (nSPS) is 10.5. The van der Waals surface area contributed by atoms with E-state index in [-0.39, 0.29) is 29.8 Å². The second kappa shape index (κ2) is 10.7. The Morgan fingerprint density at radius 3 is 2.73 bits per heavy atom. The average molecular weight is 446 g/mol. The van der Waals surface area contributed by atoms with Gasteiger partial charge in [0, 0.05) is 23.7 Å².